The van der Waals surface area contributed by atoms with Crippen molar-refractivity contribution in [1.29, 1.82) is 0 Å². The van der Waals surface area contributed by atoms with E-state index in [-0.39, 0.29) is 17.2 Å². The molecule has 0 aromatic carbocycles. The van der Waals surface area contributed by atoms with Crippen LogP contribution >= 0.6 is 0 Å². The molecule has 0 aliphatic heterocycles. The molecule has 0 bridgehead atoms. The lowest BCUT2D eigenvalue weighted by atomic mass is 10.3. The van der Waals surface area contributed by atoms with Crippen molar-refractivity contribution < 1.29 is 4.79 Å². The third kappa shape index (κ3) is 3.85. The van der Waals surface area contributed by atoms with Gasteiger partial charge in [-0.2, -0.15) is 0 Å². The summed E-state index contributed by atoms with van der Waals surface area (Å²) < 4.78 is 0. The maximum absolute atomic E-state index is 11.4. The molecule has 0 aliphatic carbocycles. The molecule has 0 aliphatic rings. The van der Waals surface area contributed by atoms with Gasteiger partial charge in [0.2, 0.25) is 5.56 Å². The van der Waals surface area contributed by atoms with Crippen LogP contribution in [0, 0.1) is 0 Å². The Morgan fingerprint density at radius 2 is 2.38 bits per heavy atom. The molecule has 7 nitrogen and oxygen atoms in total. The van der Waals surface area contributed by atoms with E-state index in [9.17, 15) is 9.59 Å². The van der Waals surface area contributed by atoms with Crippen LogP contribution in [0.5, 0.6) is 0 Å². The molecule has 0 fully saturated rings. The Morgan fingerprint density at radius 3 is 3.06 bits per heavy atom. The number of H-pyrrole nitrogens is 1. The first kappa shape index (κ1) is 11.8. The fourth-order valence-corrected chi connectivity index (χ4v) is 1.07. The number of azide groups is 1. The van der Waals surface area contributed by atoms with Crippen LogP contribution in [-0.2, 0) is 0 Å². The van der Waals surface area contributed by atoms with Crippen molar-refractivity contribution in [1.82, 2.24) is 10.3 Å². The summed E-state index contributed by atoms with van der Waals surface area (Å²) >= 11 is 0. The molecule has 1 heterocycles. The van der Waals surface area contributed by atoms with Crippen LogP contribution < -0.4 is 10.9 Å². The highest BCUT2D eigenvalue weighted by Gasteiger charge is 2.03. The monoisotopic (exact) mass is 221 g/mol. The molecule has 0 atom stereocenters. The highest BCUT2D eigenvalue weighted by atomic mass is 16.2. The van der Waals surface area contributed by atoms with Gasteiger partial charge in [-0.05, 0) is 18.0 Å². The fraction of sp³-hybridized carbons (Fsp3) is 0.333. The number of aromatic nitrogens is 1. The zero-order valence-corrected chi connectivity index (χ0v) is 8.51. The topological polar surface area (TPSA) is 111 Å². The van der Waals surface area contributed by atoms with Crippen LogP contribution in [0.25, 0.3) is 10.4 Å². The Bertz CT molecular complexity index is 461. The predicted octanol–water partition coefficient (Wildman–Crippen LogP) is 0.805. The standard InChI is InChI=1S/C9H11N5O2/c10-14-12-6-2-5-11-9(16)7-3-1-4-8(15)13-7/h1,3-4H,2,5-6H2,(H,11,16)(H,13,15). The molecule has 7 heteroatoms. The van der Waals surface area contributed by atoms with Crippen molar-refractivity contribution in [3.8, 4) is 0 Å². The minimum absolute atomic E-state index is 0.219. The summed E-state index contributed by atoms with van der Waals surface area (Å²) in [5.74, 6) is -0.348. The average Bonchev–Trinajstić information content (AvgIpc) is 2.28. The second-order valence-corrected chi connectivity index (χ2v) is 2.99. The minimum Gasteiger partial charge on any atom is -0.351 e. The number of nitrogens with one attached hydrogen (secondary N) is 2. The van der Waals surface area contributed by atoms with Gasteiger partial charge >= 0.3 is 0 Å². The fourth-order valence-electron chi connectivity index (χ4n) is 1.07. The van der Waals surface area contributed by atoms with Gasteiger partial charge in [0, 0.05) is 24.1 Å². The molecule has 1 aromatic rings. The summed E-state index contributed by atoms with van der Waals surface area (Å²) in [6.45, 7) is 0.733. The first-order chi connectivity index (χ1) is 7.74. The number of hydrogen-bond acceptors (Lipinski definition) is 3. The SMILES string of the molecule is [N-]=[N+]=NCCCNC(=O)c1cccc(=O)[nH]1. The quantitative estimate of drug-likeness (QED) is 0.332. The first-order valence-corrected chi connectivity index (χ1v) is 4.72. The lowest BCUT2D eigenvalue weighted by molar-refractivity contribution is 0.0948. The van der Waals surface area contributed by atoms with Gasteiger partial charge in [-0.3, -0.25) is 9.59 Å². The average molecular weight is 221 g/mol. The normalized spacial score (nSPS) is 9.25. The van der Waals surface area contributed by atoms with E-state index < -0.39 is 0 Å². The van der Waals surface area contributed by atoms with Gasteiger partial charge in [0.1, 0.15) is 5.69 Å². The molecular formula is C9H11N5O2. The summed E-state index contributed by atoms with van der Waals surface area (Å²) in [6.07, 6.45) is 0.562. The van der Waals surface area contributed by atoms with E-state index in [4.69, 9.17) is 5.53 Å². The Balaban J connectivity index is 2.41. The largest absolute Gasteiger partial charge is 0.351 e. The Hall–Kier alpha value is -2.27. The number of carbonyl (C=O) groups excluding carboxylic acids is 1. The molecule has 84 valence electrons. The van der Waals surface area contributed by atoms with Crippen LogP contribution in [0.15, 0.2) is 28.1 Å². The van der Waals surface area contributed by atoms with Crippen LogP contribution in [0.1, 0.15) is 16.9 Å². The van der Waals surface area contributed by atoms with E-state index >= 15 is 0 Å². The third-order valence-electron chi connectivity index (χ3n) is 1.80. The summed E-state index contributed by atoms with van der Waals surface area (Å²) in [5, 5.41) is 5.92. The van der Waals surface area contributed by atoms with Gasteiger partial charge in [-0.15, -0.1) is 0 Å². The van der Waals surface area contributed by atoms with E-state index in [0.29, 0.717) is 19.5 Å². The van der Waals surface area contributed by atoms with Crippen molar-refractivity contribution in [3.05, 3.63) is 44.7 Å². The van der Waals surface area contributed by atoms with Crippen LogP contribution in [-0.4, -0.2) is 24.0 Å². The van der Waals surface area contributed by atoms with E-state index in [1.165, 1.54) is 18.2 Å². The number of aromatic amines is 1. The number of amides is 1. The molecule has 1 rings (SSSR count). The molecule has 0 saturated carbocycles. The van der Waals surface area contributed by atoms with Gasteiger partial charge in [0.15, 0.2) is 0 Å². The zero-order chi connectivity index (χ0) is 11.8. The van der Waals surface area contributed by atoms with Crippen LogP contribution in [0.3, 0.4) is 0 Å². The molecule has 0 unspecified atom stereocenters. The lowest BCUT2D eigenvalue weighted by Gasteiger charge is -2.02. The summed E-state index contributed by atoms with van der Waals surface area (Å²) in [4.78, 5) is 27.4. The second kappa shape index (κ2) is 6.26. The van der Waals surface area contributed by atoms with E-state index in [1.807, 2.05) is 0 Å². The zero-order valence-electron chi connectivity index (χ0n) is 8.51. The molecule has 1 aromatic heterocycles. The highest BCUT2D eigenvalue weighted by molar-refractivity contribution is 5.92. The van der Waals surface area contributed by atoms with Crippen molar-refractivity contribution >= 4 is 5.91 Å². The van der Waals surface area contributed by atoms with Gasteiger partial charge in [-0.25, -0.2) is 0 Å². The number of nitrogens with zero attached hydrogens (tertiary/aromatic N) is 3. The smallest absolute Gasteiger partial charge is 0.267 e. The summed E-state index contributed by atoms with van der Waals surface area (Å²) in [7, 11) is 0. The van der Waals surface area contributed by atoms with Crippen molar-refractivity contribution in [2.45, 2.75) is 6.42 Å². The van der Waals surface area contributed by atoms with Crippen molar-refractivity contribution in [3.63, 3.8) is 0 Å². The Kier molecular flexibility index (Phi) is 4.62. The second-order valence-electron chi connectivity index (χ2n) is 2.99. The first-order valence-electron chi connectivity index (χ1n) is 4.72. The molecular weight excluding hydrogens is 210 g/mol. The van der Waals surface area contributed by atoms with Gasteiger partial charge in [0.05, 0.1) is 0 Å². The third-order valence-corrected chi connectivity index (χ3v) is 1.80. The number of pyridine rings is 1. The molecule has 16 heavy (non-hydrogen) atoms. The van der Waals surface area contributed by atoms with Crippen molar-refractivity contribution in [2.24, 2.45) is 5.11 Å². The maximum Gasteiger partial charge on any atom is 0.267 e. The summed E-state index contributed by atoms with van der Waals surface area (Å²) in [6, 6.07) is 4.36. The Labute approximate surface area is 91.1 Å². The van der Waals surface area contributed by atoms with Gasteiger partial charge in [0.25, 0.3) is 5.91 Å². The van der Waals surface area contributed by atoms with Gasteiger partial charge in [-0.1, -0.05) is 11.2 Å². The van der Waals surface area contributed by atoms with Gasteiger partial charge < -0.3 is 10.3 Å². The predicted molar refractivity (Wildman–Crippen MR) is 58.0 cm³/mol. The minimum atomic E-state index is -0.348. The molecule has 0 saturated heterocycles. The summed E-state index contributed by atoms with van der Waals surface area (Å²) in [5.41, 5.74) is 7.92. The number of rotatable bonds is 5. The molecule has 2 N–H and O–H groups in total. The van der Waals surface area contributed by atoms with Crippen LogP contribution in [0.2, 0.25) is 0 Å². The molecule has 1 amide bonds. The van der Waals surface area contributed by atoms with E-state index in [0.717, 1.165) is 0 Å². The Morgan fingerprint density at radius 1 is 1.56 bits per heavy atom. The molecule has 0 radical (unpaired) electrons. The maximum atomic E-state index is 11.4. The molecule has 0 spiro atoms. The number of hydrogen-bond donors (Lipinski definition) is 2. The lowest BCUT2D eigenvalue weighted by Crippen LogP contribution is -2.27. The van der Waals surface area contributed by atoms with Crippen LogP contribution in [0.4, 0.5) is 0 Å². The number of carbonyl (C=O) groups is 1. The van der Waals surface area contributed by atoms with E-state index in [2.05, 4.69) is 20.3 Å². The van der Waals surface area contributed by atoms with Crippen molar-refractivity contribution in [2.75, 3.05) is 13.1 Å². The van der Waals surface area contributed by atoms with E-state index in [1.54, 1.807) is 0 Å². The highest BCUT2D eigenvalue weighted by Crippen LogP contribution is 1.90.